The number of aromatic amines is 1. The third-order valence-corrected chi connectivity index (χ3v) is 4.12. The molecule has 3 rings (SSSR count). The molecule has 0 aliphatic rings. The first-order valence-corrected chi connectivity index (χ1v) is 7.99. The largest absolute Gasteiger partial charge is 0.299 e. The maximum absolute atomic E-state index is 12.5. The Kier molecular flexibility index (Phi) is 4.57. The Balaban J connectivity index is 2.01. The number of nitrogens with zero attached hydrogens (tertiary/aromatic N) is 4. The van der Waals surface area contributed by atoms with Crippen LogP contribution in [-0.2, 0) is 0 Å². The van der Waals surface area contributed by atoms with E-state index in [1.807, 2.05) is 18.2 Å². The first-order valence-electron chi connectivity index (χ1n) is 7.20. The standard InChI is InChI=1S/C16H12BrN5O3/c1-10-15(16(23)21(20-10)11-5-3-2-4-6-11)19-18-14-9-12(22(24)25)7-8-13(14)17/h2-9,20H,1H3. The number of nitro benzene ring substituents is 1. The van der Waals surface area contributed by atoms with Crippen LogP contribution in [0.2, 0.25) is 0 Å². The van der Waals surface area contributed by atoms with E-state index >= 15 is 0 Å². The SMILES string of the molecule is Cc1[nH]n(-c2ccccc2)c(=O)c1N=Nc1cc([N+](=O)[O-])ccc1Br. The third kappa shape index (κ3) is 3.41. The van der Waals surface area contributed by atoms with Crippen LogP contribution < -0.4 is 5.56 Å². The quantitative estimate of drug-likeness (QED) is 0.393. The van der Waals surface area contributed by atoms with Crippen molar-refractivity contribution in [2.45, 2.75) is 6.92 Å². The molecule has 3 aromatic rings. The summed E-state index contributed by atoms with van der Waals surface area (Å²) < 4.78 is 1.91. The molecule has 9 heteroatoms. The summed E-state index contributed by atoms with van der Waals surface area (Å²) in [5.74, 6) is 0. The van der Waals surface area contributed by atoms with Gasteiger partial charge in [-0.2, -0.15) is 0 Å². The molecule has 0 aliphatic carbocycles. The van der Waals surface area contributed by atoms with E-state index in [1.54, 1.807) is 19.1 Å². The van der Waals surface area contributed by atoms with E-state index in [-0.39, 0.29) is 22.6 Å². The Morgan fingerprint density at radius 3 is 2.56 bits per heavy atom. The van der Waals surface area contributed by atoms with E-state index in [4.69, 9.17) is 0 Å². The lowest BCUT2D eigenvalue weighted by Gasteiger charge is -1.99. The summed E-state index contributed by atoms with van der Waals surface area (Å²) in [4.78, 5) is 22.9. The second kappa shape index (κ2) is 6.81. The first-order chi connectivity index (χ1) is 12.0. The van der Waals surface area contributed by atoms with E-state index in [1.165, 1.54) is 22.9 Å². The van der Waals surface area contributed by atoms with E-state index < -0.39 is 4.92 Å². The number of nitrogens with one attached hydrogen (secondary N) is 1. The molecule has 25 heavy (non-hydrogen) atoms. The van der Waals surface area contributed by atoms with Crippen LogP contribution in [0.25, 0.3) is 5.69 Å². The number of azo groups is 1. The molecule has 0 aliphatic heterocycles. The number of nitro groups is 1. The average molecular weight is 402 g/mol. The monoisotopic (exact) mass is 401 g/mol. The molecule has 2 aromatic carbocycles. The summed E-state index contributed by atoms with van der Waals surface area (Å²) >= 11 is 3.26. The van der Waals surface area contributed by atoms with Crippen LogP contribution in [0.5, 0.6) is 0 Å². The van der Waals surface area contributed by atoms with Crippen molar-refractivity contribution in [3.63, 3.8) is 0 Å². The maximum atomic E-state index is 12.5. The molecule has 1 heterocycles. The fraction of sp³-hybridized carbons (Fsp3) is 0.0625. The molecule has 0 amide bonds. The number of aromatic nitrogens is 2. The highest BCUT2D eigenvalue weighted by Gasteiger charge is 2.13. The van der Waals surface area contributed by atoms with Gasteiger partial charge < -0.3 is 0 Å². The summed E-state index contributed by atoms with van der Waals surface area (Å²) in [6, 6.07) is 13.2. The van der Waals surface area contributed by atoms with E-state index in [2.05, 4.69) is 31.3 Å². The third-order valence-electron chi connectivity index (χ3n) is 3.45. The number of hydrogen-bond acceptors (Lipinski definition) is 5. The molecule has 0 bridgehead atoms. The molecule has 0 spiro atoms. The maximum Gasteiger partial charge on any atom is 0.299 e. The van der Waals surface area contributed by atoms with Crippen molar-refractivity contribution in [3.05, 3.63) is 79.2 Å². The molecular weight excluding hydrogens is 390 g/mol. The van der Waals surface area contributed by atoms with Crippen molar-refractivity contribution in [2.75, 3.05) is 0 Å². The normalized spacial score (nSPS) is 11.1. The zero-order valence-electron chi connectivity index (χ0n) is 13.0. The number of H-pyrrole nitrogens is 1. The number of aryl methyl sites for hydroxylation is 1. The van der Waals surface area contributed by atoms with Gasteiger partial charge in [0.2, 0.25) is 0 Å². The predicted octanol–water partition coefficient (Wildman–Crippen LogP) is 4.56. The van der Waals surface area contributed by atoms with E-state index in [0.717, 1.165) is 0 Å². The smallest absolute Gasteiger partial charge is 0.293 e. The summed E-state index contributed by atoms with van der Waals surface area (Å²) in [7, 11) is 0. The summed E-state index contributed by atoms with van der Waals surface area (Å²) in [5.41, 5.74) is 1.16. The molecular formula is C16H12BrN5O3. The van der Waals surface area contributed by atoms with Gasteiger partial charge in [-0.3, -0.25) is 20.0 Å². The Morgan fingerprint density at radius 1 is 1.16 bits per heavy atom. The van der Waals surface area contributed by atoms with Gasteiger partial charge in [0.05, 0.1) is 16.3 Å². The Labute approximate surface area is 150 Å². The van der Waals surface area contributed by atoms with Gasteiger partial charge in [-0.25, -0.2) is 4.68 Å². The van der Waals surface area contributed by atoms with Crippen LogP contribution in [0.4, 0.5) is 17.1 Å². The molecule has 8 nitrogen and oxygen atoms in total. The first kappa shape index (κ1) is 16.8. The van der Waals surface area contributed by atoms with E-state index in [9.17, 15) is 14.9 Å². The van der Waals surface area contributed by atoms with E-state index in [0.29, 0.717) is 15.9 Å². The minimum absolute atomic E-state index is 0.107. The lowest BCUT2D eigenvalue weighted by atomic mass is 10.3. The van der Waals surface area contributed by atoms with Gasteiger partial charge in [-0.15, -0.1) is 10.2 Å². The van der Waals surface area contributed by atoms with Crippen LogP contribution in [0.3, 0.4) is 0 Å². The molecule has 1 N–H and O–H groups in total. The molecule has 0 saturated carbocycles. The van der Waals surface area contributed by atoms with Gasteiger partial charge in [0.1, 0.15) is 5.69 Å². The Bertz CT molecular complexity index is 1020. The topological polar surface area (TPSA) is 106 Å². The molecule has 1 aromatic heterocycles. The summed E-state index contributed by atoms with van der Waals surface area (Å²) in [6.45, 7) is 1.71. The molecule has 0 saturated heterocycles. The number of halogens is 1. The molecule has 126 valence electrons. The van der Waals surface area contributed by atoms with Gasteiger partial charge >= 0.3 is 0 Å². The van der Waals surface area contributed by atoms with Gasteiger partial charge in [0, 0.05) is 16.6 Å². The molecule has 0 unspecified atom stereocenters. The fourth-order valence-corrected chi connectivity index (χ4v) is 2.54. The number of para-hydroxylation sites is 1. The van der Waals surface area contributed by atoms with Crippen molar-refractivity contribution in [1.82, 2.24) is 9.78 Å². The molecule has 0 radical (unpaired) electrons. The minimum atomic E-state index is -0.518. The summed E-state index contributed by atoms with van der Waals surface area (Å²) in [5, 5.41) is 21.8. The van der Waals surface area contributed by atoms with Crippen molar-refractivity contribution in [1.29, 1.82) is 0 Å². The van der Waals surface area contributed by atoms with Crippen molar-refractivity contribution < 1.29 is 4.92 Å². The van der Waals surface area contributed by atoms with Gasteiger partial charge in [0.15, 0.2) is 5.69 Å². The van der Waals surface area contributed by atoms with Gasteiger partial charge in [0.25, 0.3) is 11.2 Å². The number of non-ortho nitro benzene ring substituents is 1. The zero-order valence-corrected chi connectivity index (χ0v) is 14.6. The van der Waals surface area contributed by atoms with Crippen molar-refractivity contribution >= 4 is 33.0 Å². The second-order valence-corrected chi connectivity index (χ2v) is 6.01. The second-order valence-electron chi connectivity index (χ2n) is 5.15. The fourth-order valence-electron chi connectivity index (χ4n) is 2.21. The van der Waals surface area contributed by atoms with Gasteiger partial charge in [-0.1, -0.05) is 18.2 Å². The van der Waals surface area contributed by atoms with Crippen LogP contribution >= 0.6 is 15.9 Å². The highest BCUT2D eigenvalue weighted by molar-refractivity contribution is 9.10. The van der Waals surface area contributed by atoms with Gasteiger partial charge in [-0.05, 0) is 41.1 Å². The molecule has 0 atom stereocenters. The zero-order chi connectivity index (χ0) is 18.0. The lowest BCUT2D eigenvalue weighted by Crippen LogP contribution is -2.13. The molecule has 0 fully saturated rings. The van der Waals surface area contributed by atoms with Crippen LogP contribution in [0, 0.1) is 17.0 Å². The predicted molar refractivity (Wildman–Crippen MR) is 96.1 cm³/mol. The minimum Gasteiger partial charge on any atom is -0.293 e. The number of rotatable bonds is 4. The lowest BCUT2D eigenvalue weighted by molar-refractivity contribution is -0.384. The van der Waals surface area contributed by atoms with Crippen LogP contribution in [0.15, 0.2) is 68.0 Å². The average Bonchev–Trinajstić information content (AvgIpc) is 2.89. The van der Waals surface area contributed by atoms with Crippen LogP contribution in [-0.4, -0.2) is 14.7 Å². The number of hydrogen-bond donors (Lipinski definition) is 1. The number of benzene rings is 2. The van der Waals surface area contributed by atoms with Crippen LogP contribution in [0.1, 0.15) is 5.69 Å². The van der Waals surface area contributed by atoms with Crippen molar-refractivity contribution in [2.24, 2.45) is 10.2 Å². The Morgan fingerprint density at radius 2 is 1.88 bits per heavy atom. The highest BCUT2D eigenvalue weighted by Crippen LogP contribution is 2.31. The van der Waals surface area contributed by atoms with Crippen molar-refractivity contribution in [3.8, 4) is 5.69 Å². The highest BCUT2D eigenvalue weighted by atomic mass is 79.9. The summed E-state index contributed by atoms with van der Waals surface area (Å²) in [6.07, 6.45) is 0. The Hall–Kier alpha value is -3.07.